The Morgan fingerprint density at radius 2 is 1.62 bits per heavy atom. The SMILES string of the molecule is ClCc1nc2cccc(Cl)c2n1-c1cc(Cl)c(Cl)cc1Cl. The van der Waals surface area contributed by atoms with E-state index in [2.05, 4.69) is 4.98 Å². The number of aromatic nitrogens is 2. The second-order valence-electron chi connectivity index (χ2n) is 4.32. The van der Waals surface area contributed by atoms with Crippen LogP contribution in [0, 0.1) is 0 Å². The first-order chi connectivity index (χ1) is 10.0. The zero-order chi connectivity index (χ0) is 15.1. The largest absolute Gasteiger partial charge is 0.292 e. The van der Waals surface area contributed by atoms with Crippen LogP contribution in [0.5, 0.6) is 0 Å². The van der Waals surface area contributed by atoms with Crippen molar-refractivity contribution in [3.8, 4) is 5.69 Å². The molecule has 7 heteroatoms. The first-order valence-electron chi connectivity index (χ1n) is 5.89. The molecule has 3 aromatic rings. The molecule has 3 rings (SSSR count). The van der Waals surface area contributed by atoms with Gasteiger partial charge in [-0.3, -0.25) is 4.57 Å². The molecule has 2 nitrogen and oxygen atoms in total. The van der Waals surface area contributed by atoms with Crippen LogP contribution in [0.15, 0.2) is 30.3 Å². The van der Waals surface area contributed by atoms with Crippen LogP contribution >= 0.6 is 58.0 Å². The highest BCUT2D eigenvalue weighted by molar-refractivity contribution is 6.43. The van der Waals surface area contributed by atoms with E-state index >= 15 is 0 Å². The van der Waals surface area contributed by atoms with Crippen molar-refractivity contribution in [3.05, 3.63) is 56.2 Å². The van der Waals surface area contributed by atoms with Gasteiger partial charge in [-0.2, -0.15) is 0 Å². The van der Waals surface area contributed by atoms with E-state index in [0.29, 0.717) is 31.6 Å². The molecule has 2 aromatic carbocycles. The van der Waals surface area contributed by atoms with Gasteiger partial charge in [-0.1, -0.05) is 52.5 Å². The second kappa shape index (κ2) is 5.86. The Bertz CT molecular complexity index is 841. The van der Waals surface area contributed by atoms with Gasteiger partial charge in [0.2, 0.25) is 0 Å². The lowest BCUT2D eigenvalue weighted by atomic mass is 10.2. The van der Waals surface area contributed by atoms with Crippen LogP contribution in [0.25, 0.3) is 16.7 Å². The second-order valence-corrected chi connectivity index (χ2v) is 6.22. The lowest BCUT2D eigenvalue weighted by Gasteiger charge is -2.12. The summed E-state index contributed by atoms with van der Waals surface area (Å²) in [4.78, 5) is 4.47. The minimum absolute atomic E-state index is 0.210. The lowest BCUT2D eigenvalue weighted by molar-refractivity contribution is 0.982. The maximum Gasteiger partial charge on any atom is 0.129 e. The summed E-state index contributed by atoms with van der Waals surface area (Å²) in [5.74, 6) is 0.835. The molecule has 0 saturated carbocycles. The van der Waals surface area contributed by atoms with Gasteiger partial charge in [0.1, 0.15) is 5.82 Å². The van der Waals surface area contributed by atoms with Crippen molar-refractivity contribution in [1.29, 1.82) is 0 Å². The number of rotatable bonds is 2. The predicted molar refractivity (Wildman–Crippen MR) is 90.7 cm³/mol. The smallest absolute Gasteiger partial charge is 0.129 e. The summed E-state index contributed by atoms with van der Waals surface area (Å²) in [6.07, 6.45) is 0. The van der Waals surface area contributed by atoms with E-state index in [0.717, 1.165) is 11.0 Å². The van der Waals surface area contributed by atoms with Crippen molar-refractivity contribution >= 4 is 69.0 Å². The fourth-order valence-electron chi connectivity index (χ4n) is 2.17. The molecule has 21 heavy (non-hydrogen) atoms. The molecule has 1 aromatic heterocycles. The van der Waals surface area contributed by atoms with Crippen molar-refractivity contribution < 1.29 is 0 Å². The number of fused-ring (bicyclic) bond motifs is 1. The third-order valence-corrected chi connectivity index (χ3v) is 4.62. The number of hydrogen-bond donors (Lipinski definition) is 0. The number of para-hydroxylation sites is 1. The molecule has 108 valence electrons. The zero-order valence-corrected chi connectivity index (χ0v) is 14.2. The minimum Gasteiger partial charge on any atom is -0.292 e. The molecule has 0 fully saturated rings. The summed E-state index contributed by atoms with van der Waals surface area (Å²) in [6, 6.07) is 8.73. The van der Waals surface area contributed by atoms with Crippen molar-refractivity contribution in [3.63, 3.8) is 0 Å². The standard InChI is InChI=1S/C14H7Cl5N2/c15-6-13-20-11-3-1-2-7(16)14(11)21(13)12-5-9(18)8(17)4-10(12)19/h1-5H,6H2. The van der Waals surface area contributed by atoms with Crippen LogP contribution in [-0.2, 0) is 5.88 Å². The fourth-order valence-corrected chi connectivity index (χ4v) is 3.23. The van der Waals surface area contributed by atoms with Crippen LogP contribution < -0.4 is 0 Å². The average molecular weight is 380 g/mol. The monoisotopic (exact) mass is 378 g/mol. The molecule has 0 amide bonds. The molecule has 0 N–H and O–H groups in total. The molecular weight excluding hydrogens is 373 g/mol. The van der Waals surface area contributed by atoms with Crippen molar-refractivity contribution in [2.45, 2.75) is 5.88 Å². The highest BCUT2D eigenvalue weighted by Gasteiger charge is 2.17. The van der Waals surface area contributed by atoms with Gasteiger partial charge in [0.15, 0.2) is 0 Å². The van der Waals surface area contributed by atoms with Crippen LogP contribution in [0.1, 0.15) is 5.82 Å². The van der Waals surface area contributed by atoms with Crippen LogP contribution in [0.3, 0.4) is 0 Å². The number of benzene rings is 2. The maximum atomic E-state index is 6.30. The van der Waals surface area contributed by atoms with Gasteiger partial charge in [-0.05, 0) is 24.3 Å². The highest BCUT2D eigenvalue weighted by Crippen LogP contribution is 2.35. The van der Waals surface area contributed by atoms with Crippen molar-refractivity contribution in [2.24, 2.45) is 0 Å². The third-order valence-electron chi connectivity index (χ3n) is 3.05. The Hall–Kier alpha value is -0.640. The van der Waals surface area contributed by atoms with E-state index in [1.54, 1.807) is 22.8 Å². The summed E-state index contributed by atoms with van der Waals surface area (Å²) >= 11 is 30.7. The Morgan fingerprint density at radius 1 is 0.905 bits per heavy atom. The summed E-state index contributed by atoms with van der Waals surface area (Å²) in [7, 11) is 0. The molecule has 0 atom stereocenters. The van der Waals surface area contributed by atoms with E-state index < -0.39 is 0 Å². The number of nitrogens with zero attached hydrogens (tertiary/aromatic N) is 2. The van der Waals surface area contributed by atoms with Crippen molar-refractivity contribution in [2.75, 3.05) is 0 Å². The van der Waals surface area contributed by atoms with E-state index in [1.165, 1.54) is 0 Å². The van der Waals surface area contributed by atoms with Gasteiger partial charge in [-0.15, -0.1) is 11.6 Å². The average Bonchev–Trinajstić information content (AvgIpc) is 2.82. The Kier molecular flexibility index (Phi) is 4.26. The topological polar surface area (TPSA) is 17.8 Å². The first-order valence-corrected chi connectivity index (χ1v) is 7.94. The van der Waals surface area contributed by atoms with E-state index in [9.17, 15) is 0 Å². The normalized spacial score (nSPS) is 11.3. The Labute approximate surface area is 146 Å². The molecule has 0 aliphatic rings. The molecule has 1 heterocycles. The van der Waals surface area contributed by atoms with Crippen molar-refractivity contribution in [1.82, 2.24) is 9.55 Å². The van der Waals surface area contributed by atoms with Gasteiger partial charge >= 0.3 is 0 Å². The lowest BCUT2D eigenvalue weighted by Crippen LogP contribution is -2.00. The van der Waals surface area contributed by atoms with Crippen LogP contribution in [0.2, 0.25) is 20.1 Å². The van der Waals surface area contributed by atoms with E-state index in [4.69, 9.17) is 58.0 Å². The number of halogens is 5. The quantitative estimate of drug-likeness (QED) is 0.373. The molecule has 0 unspecified atom stereocenters. The summed E-state index contributed by atoms with van der Waals surface area (Å²) in [5.41, 5.74) is 2.10. The molecule has 0 saturated heterocycles. The van der Waals surface area contributed by atoms with Crippen LogP contribution in [-0.4, -0.2) is 9.55 Å². The number of hydrogen-bond acceptors (Lipinski definition) is 1. The Balaban J connectivity index is 2.41. The number of alkyl halides is 1. The van der Waals surface area contributed by atoms with Gasteiger partial charge in [0.25, 0.3) is 0 Å². The molecule has 0 aliphatic carbocycles. The summed E-state index contributed by atoms with van der Waals surface area (Å²) in [5, 5.41) is 1.77. The predicted octanol–water partition coefficient (Wildman–Crippen LogP) is 6.38. The first kappa shape index (κ1) is 15.3. The molecule has 0 bridgehead atoms. The molecule has 0 radical (unpaired) electrons. The molecule has 0 spiro atoms. The maximum absolute atomic E-state index is 6.30. The summed E-state index contributed by atoms with van der Waals surface area (Å²) < 4.78 is 1.80. The van der Waals surface area contributed by atoms with Gasteiger partial charge in [0.05, 0.1) is 42.7 Å². The molecule has 0 aliphatic heterocycles. The van der Waals surface area contributed by atoms with Gasteiger partial charge in [-0.25, -0.2) is 4.98 Å². The molecular formula is C14H7Cl5N2. The Morgan fingerprint density at radius 3 is 2.33 bits per heavy atom. The number of imidazole rings is 1. The summed E-state index contributed by atoms with van der Waals surface area (Å²) in [6.45, 7) is 0. The van der Waals surface area contributed by atoms with E-state index in [-0.39, 0.29) is 5.88 Å². The van der Waals surface area contributed by atoms with Gasteiger partial charge in [0, 0.05) is 0 Å². The highest BCUT2D eigenvalue weighted by atomic mass is 35.5. The zero-order valence-electron chi connectivity index (χ0n) is 10.4. The fraction of sp³-hybridized carbons (Fsp3) is 0.0714. The van der Waals surface area contributed by atoms with Gasteiger partial charge < -0.3 is 0 Å². The minimum atomic E-state index is 0.210. The van der Waals surface area contributed by atoms with Crippen LogP contribution in [0.4, 0.5) is 0 Å². The third kappa shape index (κ3) is 2.60. The van der Waals surface area contributed by atoms with E-state index in [1.807, 2.05) is 12.1 Å².